The first-order valence-corrected chi connectivity index (χ1v) is 4.95. The summed E-state index contributed by atoms with van der Waals surface area (Å²) in [4.78, 5) is 11.4. The van der Waals surface area contributed by atoms with Crippen molar-refractivity contribution in [3.63, 3.8) is 0 Å². The largest absolute Gasteiger partial charge is 0.480 e. The van der Waals surface area contributed by atoms with E-state index in [4.69, 9.17) is 9.84 Å². The molecule has 0 amide bonds. The van der Waals surface area contributed by atoms with E-state index in [1.165, 1.54) is 5.56 Å². The Morgan fingerprint density at radius 2 is 1.88 bits per heavy atom. The highest BCUT2D eigenvalue weighted by Crippen LogP contribution is 1.98. The van der Waals surface area contributed by atoms with Crippen LogP contribution in [0.15, 0.2) is 30.3 Å². The van der Waals surface area contributed by atoms with Crippen LogP contribution >= 0.6 is 0 Å². The minimum absolute atomic E-state index is 0.111. The minimum Gasteiger partial charge on any atom is -0.480 e. The summed E-state index contributed by atoms with van der Waals surface area (Å²) >= 11 is 0. The van der Waals surface area contributed by atoms with E-state index in [1.54, 1.807) is 26.1 Å². The van der Waals surface area contributed by atoms with Crippen molar-refractivity contribution in [1.29, 1.82) is 0 Å². The van der Waals surface area contributed by atoms with Crippen molar-refractivity contribution < 1.29 is 14.6 Å². The van der Waals surface area contributed by atoms with Crippen molar-refractivity contribution in [3.05, 3.63) is 35.9 Å². The lowest BCUT2D eigenvalue weighted by atomic mass is 10.2. The number of benzene rings is 1. The Kier molecular flexibility index (Phi) is 8.11. The fourth-order valence-electron chi connectivity index (χ4n) is 1.01. The zero-order chi connectivity index (χ0) is 12.4. The molecule has 1 N–H and O–H groups in total. The monoisotopic (exact) mass is 225 g/mol. The molecule has 0 radical (unpaired) electrons. The van der Waals surface area contributed by atoms with Gasteiger partial charge in [-0.15, -0.1) is 0 Å². The van der Waals surface area contributed by atoms with Gasteiger partial charge < -0.3 is 9.84 Å². The molecule has 0 aromatic heterocycles. The van der Waals surface area contributed by atoms with Crippen LogP contribution < -0.4 is 0 Å². The molecule has 1 rings (SSSR count). The van der Waals surface area contributed by atoms with Gasteiger partial charge in [-0.05, 0) is 19.7 Å². The Bertz CT molecular complexity index is 286. The smallest absolute Gasteiger partial charge is 0.317 e. The van der Waals surface area contributed by atoms with Crippen LogP contribution in [-0.2, 0) is 16.1 Å². The van der Waals surface area contributed by atoms with Gasteiger partial charge in [0.05, 0.1) is 13.2 Å². The number of methoxy groups -OCH3 is 1. The van der Waals surface area contributed by atoms with Gasteiger partial charge in [-0.25, -0.2) is 0 Å². The molecule has 0 saturated heterocycles. The number of ether oxygens (including phenoxy) is 1. The van der Waals surface area contributed by atoms with Gasteiger partial charge in [-0.2, -0.15) is 0 Å². The van der Waals surface area contributed by atoms with Crippen LogP contribution in [0.4, 0.5) is 0 Å². The zero-order valence-electron chi connectivity index (χ0n) is 10.0. The second-order valence-electron chi connectivity index (χ2n) is 3.55. The maximum Gasteiger partial charge on any atom is 0.317 e. The van der Waals surface area contributed by atoms with Crippen molar-refractivity contribution in [1.82, 2.24) is 4.90 Å². The van der Waals surface area contributed by atoms with Gasteiger partial charge >= 0.3 is 5.97 Å². The maximum atomic E-state index is 9.77. The zero-order valence-corrected chi connectivity index (χ0v) is 10.0. The molecule has 0 aliphatic carbocycles. The predicted octanol–water partition coefficient (Wildman–Crippen LogP) is 1.47. The Hall–Kier alpha value is -1.39. The van der Waals surface area contributed by atoms with E-state index in [9.17, 15) is 4.79 Å². The Morgan fingerprint density at radius 1 is 1.31 bits per heavy atom. The topological polar surface area (TPSA) is 49.8 Å². The molecule has 0 heterocycles. The van der Waals surface area contributed by atoms with E-state index in [0.29, 0.717) is 6.61 Å². The summed E-state index contributed by atoms with van der Waals surface area (Å²) in [5.74, 6) is -0.787. The van der Waals surface area contributed by atoms with Crippen LogP contribution in [0.2, 0.25) is 0 Å². The molecule has 0 aliphatic rings. The number of nitrogens with zero attached hydrogens (tertiary/aromatic N) is 1. The summed E-state index contributed by atoms with van der Waals surface area (Å²) in [5, 5.41) is 8.04. The molecule has 1 aromatic carbocycles. The molecule has 0 atom stereocenters. The highest BCUT2D eigenvalue weighted by Gasteiger charge is 1.94. The van der Waals surface area contributed by atoms with Crippen LogP contribution in [0.5, 0.6) is 0 Å². The van der Waals surface area contributed by atoms with Gasteiger partial charge in [0.1, 0.15) is 0 Å². The second kappa shape index (κ2) is 8.88. The molecular formula is C12H19NO3. The van der Waals surface area contributed by atoms with Gasteiger partial charge in [0.15, 0.2) is 0 Å². The first-order chi connectivity index (χ1) is 7.56. The van der Waals surface area contributed by atoms with Crippen molar-refractivity contribution >= 4 is 5.97 Å². The first-order valence-electron chi connectivity index (χ1n) is 4.95. The van der Waals surface area contributed by atoms with Crippen LogP contribution in [0.3, 0.4) is 0 Å². The van der Waals surface area contributed by atoms with Gasteiger partial charge in [0.2, 0.25) is 0 Å². The Labute approximate surface area is 96.5 Å². The van der Waals surface area contributed by atoms with Crippen molar-refractivity contribution in [2.45, 2.75) is 6.61 Å². The molecule has 90 valence electrons. The molecule has 0 fully saturated rings. The van der Waals surface area contributed by atoms with Crippen LogP contribution in [-0.4, -0.2) is 43.7 Å². The average Bonchev–Trinajstić information content (AvgIpc) is 2.18. The van der Waals surface area contributed by atoms with E-state index in [0.717, 1.165) is 0 Å². The first kappa shape index (κ1) is 14.6. The van der Waals surface area contributed by atoms with E-state index in [1.807, 2.05) is 30.3 Å². The second-order valence-corrected chi connectivity index (χ2v) is 3.55. The predicted molar refractivity (Wildman–Crippen MR) is 63.3 cm³/mol. The normalized spacial score (nSPS) is 9.50. The lowest BCUT2D eigenvalue weighted by Crippen LogP contribution is -2.20. The minimum atomic E-state index is -0.787. The molecule has 1 aromatic rings. The lowest BCUT2D eigenvalue weighted by molar-refractivity contribution is -0.137. The fraction of sp³-hybridized carbons (Fsp3) is 0.417. The number of rotatable bonds is 4. The SMILES string of the molecule is CN(C)CC(=O)O.COCc1ccccc1. The molecule has 0 aliphatic heterocycles. The van der Waals surface area contributed by atoms with Gasteiger partial charge in [-0.1, -0.05) is 30.3 Å². The lowest BCUT2D eigenvalue weighted by Gasteiger charge is -2.01. The Morgan fingerprint density at radius 3 is 2.19 bits per heavy atom. The van der Waals surface area contributed by atoms with E-state index in [2.05, 4.69) is 0 Å². The third-order valence-corrected chi connectivity index (χ3v) is 1.61. The molecule has 0 bridgehead atoms. The van der Waals surface area contributed by atoms with E-state index < -0.39 is 5.97 Å². The number of carbonyl (C=O) groups is 1. The summed E-state index contributed by atoms with van der Waals surface area (Å²) in [6, 6.07) is 10.1. The standard InChI is InChI=1S/C8H10O.C4H9NO2/c1-9-7-8-5-3-2-4-6-8;1-5(2)3-4(6)7/h2-6H,7H2,1H3;3H2,1-2H3,(H,6,7). The number of hydrogen-bond donors (Lipinski definition) is 1. The number of aliphatic carboxylic acids is 1. The number of hydrogen-bond acceptors (Lipinski definition) is 3. The van der Waals surface area contributed by atoms with E-state index in [-0.39, 0.29) is 6.54 Å². The highest BCUT2D eigenvalue weighted by atomic mass is 16.5. The van der Waals surface area contributed by atoms with Crippen molar-refractivity contribution in [2.24, 2.45) is 0 Å². The molecule has 16 heavy (non-hydrogen) atoms. The number of carboxylic acids is 1. The quantitative estimate of drug-likeness (QED) is 0.843. The molecular weight excluding hydrogens is 206 g/mol. The number of likely N-dealkylation sites (N-methyl/N-ethyl adjacent to an activating group) is 1. The van der Waals surface area contributed by atoms with E-state index >= 15 is 0 Å². The van der Waals surface area contributed by atoms with Crippen LogP contribution in [0.1, 0.15) is 5.56 Å². The summed E-state index contributed by atoms with van der Waals surface area (Å²) in [7, 11) is 5.13. The van der Waals surface area contributed by atoms with Gasteiger partial charge in [0, 0.05) is 7.11 Å². The molecule has 0 unspecified atom stereocenters. The maximum absolute atomic E-state index is 9.77. The summed E-state index contributed by atoms with van der Waals surface area (Å²) in [6.07, 6.45) is 0. The summed E-state index contributed by atoms with van der Waals surface area (Å²) in [6.45, 7) is 0.820. The summed E-state index contributed by atoms with van der Waals surface area (Å²) < 4.78 is 4.93. The van der Waals surface area contributed by atoms with Crippen LogP contribution in [0.25, 0.3) is 0 Å². The molecule has 0 saturated carbocycles. The third kappa shape index (κ3) is 9.18. The highest BCUT2D eigenvalue weighted by molar-refractivity contribution is 5.68. The Balaban J connectivity index is 0.000000293. The molecule has 4 nitrogen and oxygen atoms in total. The molecule has 4 heteroatoms. The number of carboxylic acid groups (broad SMARTS) is 1. The van der Waals surface area contributed by atoms with Gasteiger partial charge in [0.25, 0.3) is 0 Å². The average molecular weight is 225 g/mol. The van der Waals surface area contributed by atoms with Crippen molar-refractivity contribution in [2.75, 3.05) is 27.7 Å². The third-order valence-electron chi connectivity index (χ3n) is 1.61. The van der Waals surface area contributed by atoms with Crippen molar-refractivity contribution in [3.8, 4) is 0 Å². The fourth-order valence-corrected chi connectivity index (χ4v) is 1.01. The summed E-state index contributed by atoms with van der Waals surface area (Å²) in [5.41, 5.74) is 1.22. The van der Waals surface area contributed by atoms with Gasteiger partial charge in [-0.3, -0.25) is 9.69 Å². The van der Waals surface area contributed by atoms with Crippen LogP contribution in [0, 0.1) is 0 Å². The molecule has 0 spiro atoms.